The van der Waals surface area contributed by atoms with E-state index >= 15 is 0 Å². The molecule has 0 unspecified atom stereocenters. The molecule has 6 nitrogen and oxygen atoms in total. The average molecular weight is 357 g/mol. The van der Waals surface area contributed by atoms with Gasteiger partial charge in [0.05, 0.1) is 4.92 Å². The van der Waals surface area contributed by atoms with E-state index in [2.05, 4.69) is 5.32 Å². The lowest BCUT2D eigenvalue weighted by molar-refractivity contribution is -0.384. The number of aryl methyl sites for hydroxylation is 2. The van der Waals surface area contributed by atoms with E-state index in [0.29, 0.717) is 12.2 Å². The van der Waals surface area contributed by atoms with Gasteiger partial charge >= 0.3 is 0 Å². The molecular formula is C19H20FN3O3. The molecule has 2 aromatic carbocycles. The fraction of sp³-hybridized carbons (Fsp3) is 0.316. The number of fused-ring (bicyclic) bond motifs is 1. The Morgan fingerprint density at radius 2 is 2.12 bits per heavy atom. The number of nitrogens with zero attached hydrogens (tertiary/aromatic N) is 2. The molecule has 1 amide bonds. The number of hydrogen-bond acceptors (Lipinski definition) is 4. The zero-order chi connectivity index (χ0) is 18.7. The summed E-state index contributed by atoms with van der Waals surface area (Å²) in [7, 11) is 0. The van der Waals surface area contributed by atoms with Crippen LogP contribution in [-0.4, -0.2) is 23.9 Å². The summed E-state index contributed by atoms with van der Waals surface area (Å²) in [5.74, 6) is -0.361. The Morgan fingerprint density at radius 1 is 1.35 bits per heavy atom. The number of nitro benzene ring substituents is 1. The molecule has 26 heavy (non-hydrogen) atoms. The van der Waals surface area contributed by atoms with E-state index in [1.165, 1.54) is 18.2 Å². The van der Waals surface area contributed by atoms with Gasteiger partial charge in [-0.3, -0.25) is 14.9 Å². The van der Waals surface area contributed by atoms with Gasteiger partial charge in [0.2, 0.25) is 5.91 Å². The van der Waals surface area contributed by atoms with Gasteiger partial charge in [0.1, 0.15) is 11.5 Å². The van der Waals surface area contributed by atoms with Crippen molar-refractivity contribution in [2.24, 2.45) is 0 Å². The predicted molar refractivity (Wildman–Crippen MR) is 98.0 cm³/mol. The van der Waals surface area contributed by atoms with E-state index in [9.17, 15) is 19.3 Å². The van der Waals surface area contributed by atoms with Crippen LogP contribution in [0.1, 0.15) is 24.0 Å². The number of benzene rings is 2. The van der Waals surface area contributed by atoms with E-state index in [0.717, 1.165) is 29.7 Å². The number of rotatable bonds is 5. The Labute approximate surface area is 150 Å². The van der Waals surface area contributed by atoms with Crippen molar-refractivity contribution in [3.05, 3.63) is 63.5 Å². The second-order valence-corrected chi connectivity index (χ2v) is 6.33. The van der Waals surface area contributed by atoms with Crippen LogP contribution in [0.25, 0.3) is 0 Å². The Kier molecular flexibility index (Phi) is 5.16. The predicted octanol–water partition coefficient (Wildman–Crippen LogP) is 3.82. The molecule has 0 radical (unpaired) electrons. The smallest absolute Gasteiger partial charge is 0.292 e. The first-order valence-electron chi connectivity index (χ1n) is 8.54. The molecule has 7 heteroatoms. The second-order valence-electron chi connectivity index (χ2n) is 6.33. The van der Waals surface area contributed by atoms with Crippen molar-refractivity contribution in [3.8, 4) is 0 Å². The van der Waals surface area contributed by atoms with Crippen LogP contribution in [-0.2, 0) is 11.2 Å². The molecule has 0 bridgehead atoms. The van der Waals surface area contributed by atoms with Crippen LogP contribution in [0, 0.1) is 22.9 Å². The SMILES string of the molecule is Cc1cc(F)cc2c1N(C(=O)CCNc1ccccc1[N+](=O)[O-])CCC2. The molecule has 3 rings (SSSR count). The topological polar surface area (TPSA) is 75.5 Å². The fourth-order valence-corrected chi connectivity index (χ4v) is 3.39. The summed E-state index contributed by atoms with van der Waals surface area (Å²) in [6, 6.07) is 9.27. The molecule has 0 atom stereocenters. The first kappa shape index (κ1) is 17.8. The summed E-state index contributed by atoms with van der Waals surface area (Å²) >= 11 is 0. The largest absolute Gasteiger partial charge is 0.379 e. The van der Waals surface area contributed by atoms with Crippen molar-refractivity contribution in [1.29, 1.82) is 0 Å². The standard InChI is InChI=1S/C19H20FN3O3/c1-13-11-15(20)12-14-5-4-10-22(19(13)14)18(24)8-9-21-16-6-2-3-7-17(16)23(25)26/h2-3,6-7,11-12,21H,4-5,8-10H2,1H3. The third-order valence-corrected chi connectivity index (χ3v) is 4.50. The number of carbonyl (C=O) groups excluding carboxylic acids is 1. The van der Waals surface area contributed by atoms with Crippen LogP contribution in [0.2, 0.25) is 0 Å². The quantitative estimate of drug-likeness (QED) is 0.652. The van der Waals surface area contributed by atoms with Crippen molar-refractivity contribution >= 4 is 23.0 Å². The number of halogens is 1. The van der Waals surface area contributed by atoms with E-state index in [-0.39, 0.29) is 30.4 Å². The highest BCUT2D eigenvalue weighted by Crippen LogP contribution is 2.32. The van der Waals surface area contributed by atoms with E-state index < -0.39 is 4.92 Å². The number of hydrogen-bond donors (Lipinski definition) is 1. The van der Waals surface area contributed by atoms with Gasteiger partial charge in [-0.2, -0.15) is 0 Å². The van der Waals surface area contributed by atoms with Gasteiger partial charge in [-0.25, -0.2) is 4.39 Å². The summed E-state index contributed by atoms with van der Waals surface area (Å²) in [6.45, 7) is 2.69. The van der Waals surface area contributed by atoms with Gasteiger partial charge in [-0.15, -0.1) is 0 Å². The summed E-state index contributed by atoms with van der Waals surface area (Å²) in [6.07, 6.45) is 1.74. The minimum Gasteiger partial charge on any atom is -0.379 e. The fourth-order valence-electron chi connectivity index (χ4n) is 3.39. The zero-order valence-electron chi connectivity index (χ0n) is 14.5. The molecule has 1 N–H and O–H groups in total. The van der Waals surface area contributed by atoms with Gasteiger partial charge in [0.15, 0.2) is 0 Å². The van der Waals surface area contributed by atoms with Crippen molar-refractivity contribution < 1.29 is 14.1 Å². The zero-order valence-corrected chi connectivity index (χ0v) is 14.5. The highest BCUT2D eigenvalue weighted by Gasteiger charge is 2.24. The highest BCUT2D eigenvalue weighted by atomic mass is 19.1. The summed E-state index contributed by atoms with van der Waals surface area (Å²) in [5.41, 5.74) is 2.78. The van der Waals surface area contributed by atoms with Crippen LogP contribution in [0.15, 0.2) is 36.4 Å². The molecule has 0 spiro atoms. The van der Waals surface area contributed by atoms with Crippen LogP contribution >= 0.6 is 0 Å². The number of nitro groups is 1. The lowest BCUT2D eigenvalue weighted by Crippen LogP contribution is -2.37. The number of anilines is 2. The number of nitrogens with one attached hydrogen (secondary N) is 1. The monoisotopic (exact) mass is 357 g/mol. The number of amides is 1. The molecule has 1 aliphatic heterocycles. The maximum Gasteiger partial charge on any atom is 0.292 e. The summed E-state index contributed by atoms with van der Waals surface area (Å²) in [4.78, 5) is 24.9. The van der Waals surface area contributed by atoms with Gasteiger partial charge in [0.25, 0.3) is 5.69 Å². The minimum atomic E-state index is -0.455. The molecular weight excluding hydrogens is 337 g/mol. The molecule has 0 saturated heterocycles. The third kappa shape index (κ3) is 3.66. The minimum absolute atomic E-state index is 0.0189. The second kappa shape index (κ2) is 7.51. The summed E-state index contributed by atoms with van der Waals surface area (Å²) in [5, 5.41) is 14.0. The lowest BCUT2D eigenvalue weighted by atomic mass is 9.97. The van der Waals surface area contributed by atoms with E-state index in [1.807, 2.05) is 0 Å². The number of carbonyl (C=O) groups is 1. The van der Waals surface area contributed by atoms with Gasteiger partial charge < -0.3 is 10.2 Å². The molecule has 0 saturated carbocycles. The molecule has 1 aliphatic rings. The lowest BCUT2D eigenvalue weighted by Gasteiger charge is -2.31. The Morgan fingerprint density at radius 3 is 2.88 bits per heavy atom. The van der Waals surface area contributed by atoms with Crippen LogP contribution in [0.4, 0.5) is 21.5 Å². The van der Waals surface area contributed by atoms with Crippen molar-refractivity contribution in [3.63, 3.8) is 0 Å². The maximum absolute atomic E-state index is 13.6. The van der Waals surface area contributed by atoms with Gasteiger partial charge in [-0.05, 0) is 49.1 Å². The third-order valence-electron chi connectivity index (χ3n) is 4.50. The number of para-hydroxylation sites is 2. The van der Waals surface area contributed by atoms with Crippen molar-refractivity contribution in [1.82, 2.24) is 0 Å². The molecule has 1 heterocycles. The van der Waals surface area contributed by atoms with Gasteiger partial charge in [-0.1, -0.05) is 12.1 Å². The maximum atomic E-state index is 13.6. The first-order valence-corrected chi connectivity index (χ1v) is 8.54. The van der Waals surface area contributed by atoms with Crippen LogP contribution in [0.3, 0.4) is 0 Å². The van der Waals surface area contributed by atoms with E-state index in [4.69, 9.17) is 0 Å². The van der Waals surface area contributed by atoms with Crippen molar-refractivity contribution in [2.75, 3.05) is 23.3 Å². The average Bonchev–Trinajstić information content (AvgIpc) is 2.61. The highest BCUT2D eigenvalue weighted by molar-refractivity contribution is 5.95. The Balaban J connectivity index is 1.68. The van der Waals surface area contributed by atoms with Crippen LogP contribution in [0.5, 0.6) is 0 Å². The molecule has 2 aromatic rings. The normalized spacial score (nSPS) is 13.2. The molecule has 0 aliphatic carbocycles. The molecule has 0 fully saturated rings. The summed E-state index contributed by atoms with van der Waals surface area (Å²) < 4.78 is 13.6. The molecule has 0 aromatic heterocycles. The first-order chi connectivity index (χ1) is 12.5. The van der Waals surface area contributed by atoms with Crippen molar-refractivity contribution in [2.45, 2.75) is 26.2 Å². The van der Waals surface area contributed by atoms with E-state index in [1.54, 1.807) is 30.0 Å². The molecule has 136 valence electrons. The Bertz CT molecular complexity index is 854. The van der Waals surface area contributed by atoms with Crippen LogP contribution < -0.4 is 10.2 Å². The Hall–Kier alpha value is -2.96. The van der Waals surface area contributed by atoms with Gasteiger partial charge in [0, 0.05) is 31.3 Å².